The Morgan fingerprint density at radius 2 is 2.21 bits per heavy atom. The number of nitrogens with two attached hydrogens (primary N) is 1. The Labute approximate surface area is 94.7 Å². The summed E-state index contributed by atoms with van der Waals surface area (Å²) in [5, 5.41) is 0. The molecule has 0 bridgehead atoms. The molecule has 0 radical (unpaired) electrons. The summed E-state index contributed by atoms with van der Waals surface area (Å²) in [4.78, 5) is 15.0. The van der Waals surface area contributed by atoms with Crippen LogP contribution in [0.15, 0.2) is 18.3 Å². The van der Waals surface area contributed by atoms with Crippen molar-refractivity contribution >= 4 is 30.8 Å². The van der Waals surface area contributed by atoms with Gasteiger partial charge in [0.2, 0.25) is 0 Å². The lowest BCUT2D eigenvalue weighted by molar-refractivity contribution is 0.0599. The Morgan fingerprint density at radius 3 is 2.71 bits per heavy atom. The second-order valence-corrected chi connectivity index (χ2v) is 2.19. The number of hydrogen-bond acceptors (Lipinski definition) is 4. The molecule has 0 fully saturated rings. The van der Waals surface area contributed by atoms with Gasteiger partial charge in [-0.05, 0) is 12.1 Å². The van der Waals surface area contributed by atoms with Crippen LogP contribution in [0, 0.1) is 0 Å². The van der Waals surface area contributed by atoms with Crippen LogP contribution in [0.2, 0.25) is 0 Å². The van der Waals surface area contributed by atoms with E-state index in [1.165, 1.54) is 7.11 Å². The zero-order valence-corrected chi connectivity index (χ0v) is 9.23. The van der Waals surface area contributed by atoms with Crippen molar-refractivity contribution in [1.29, 1.82) is 0 Å². The molecule has 0 atom stereocenters. The summed E-state index contributed by atoms with van der Waals surface area (Å²) in [5.74, 6) is -0.399. The van der Waals surface area contributed by atoms with Gasteiger partial charge in [0.1, 0.15) is 0 Å². The summed E-state index contributed by atoms with van der Waals surface area (Å²) in [7, 11) is 1.33. The van der Waals surface area contributed by atoms with Crippen LogP contribution < -0.4 is 5.73 Å². The number of carbonyl (C=O) groups is 1. The number of pyridine rings is 1. The minimum Gasteiger partial charge on any atom is -0.465 e. The van der Waals surface area contributed by atoms with Gasteiger partial charge in [-0.1, -0.05) is 0 Å². The molecular weight excluding hydrogens is 227 g/mol. The van der Waals surface area contributed by atoms with Crippen LogP contribution in [-0.4, -0.2) is 18.1 Å². The van der Waals surface area contributed by atoms with Gasteiger partial charge in [-0.2, -0.15) is 0 Å². The molecule has 0 aliphatic carbocycles. The quantitative estimate of drug-likeness (QED) is 0.786. The van der Waals surface area contributed by atoms with E-state index in [0.717, 1.165) is 0 Å². The van der Waals surface area contributed by atoms with Crippen LogP contribution in [0.5, 0.6) is 0 Å². The molecule has 0 aliphatic heterocycles. The van der Waals surface area contributed by atoms with E-state index < -0.39 is 5.97 Å². The van der Waals surface area contributed by atoms with Gasteiger partial charge in [0.05, 0.1) is 18.4 Å². The number of esters is 1. The lowest BCUT2D eigenvalue weighted by atomic mass is 10.2. The number of halogens is 2. The molecule has 0 aromatic carbocycles. The van der Waals surface area contributed by atoms with E-state index in [2.05, 4.69) is 9.72 Å². The van der Waals surface area contributed by atoms with Crippen LogP contribution in [0.4, 0.5) is 0 Å². The number of carbonyl (C=O) groups excluding carboxylic acids is 1. The predicted octanol–water partition coefficient (Wildman–Crippen LogP) is 1.17. The maximum absolute atomic E-state index is 11.1. The first-order valence-corrected chi connectivity index (χ1v) is 3.52. The molecule has 1 rings (SSSR count). The van der Waals surface area contributed by atoms with E-state index >= 15 is 0 Å². The van der Waals surface area contributed by atoms with Crippen molar-refractivity contribution in [1.82, 2.24) is 4.98 Å². The number of hydrogen-bond donors (Lipinski definition) is 1. The monoisotopic (exact) mass is 238 g/mol. The number of rotatable bonds is 2. The largest absolute Gasteiger partial charge is 0.465 e. The van der Waals surface area contributed by atoms with Crippen LogP contribution in [-0.2, 0) is 11.3 Å². The fourth-order valence-corrected chi connectivity index (χ4v) is 0.896. The van der Waals surface area contributed by atoms with E-state index in [1.807, 2.05) is 0 Å². The fourth-order valence-electron chi connectivity index (χ4n) is 0.896. The molecule has 14 heavy (non-hydrogen) atoms. The maximum Gasteiger partial charge on any atom is 0.339 e. The molecule has 1 aromatic rings. The zero-order chi connectivity index (χ0) is 8.97. The molecule has 1 heterocycles. The highest BCUT2D eigenvalue weighted by atomic mass is 35.5. The Hall–Kier alpha value is -0.840. The average Bonchev–Trinajstić information content (AvgIpc) is 2.16. The van der Waals surface area contributed by atoms with Crippen molar-refractivity contribution in [3.8, 4) is 0 Å². The topological polar surface area (TPSA) is 65.2 Å². The van der Waals surface area contributed by atoms with E-state index in [1.54, 1.807) is 18.3 Å². The molecule has 1 aromatic heterocycles. The van der Waals surface area contributed by atoms with Crippen molar-refractivity contribution in [3.63, 3.8) is 0 Å². The number of aromatic nitrogens is 1. The van der Waals surface area contributed by atoms with Crippen LogP contribution >= 0.6 is 24.8 Å². The SMILES string of the molecule is COC(=O)c1cccnc1CN.Cl.Cl. The van der Waals surface area contributed by atoms with Crippen molar-refractivity contribution in [2.24, 2.45) is 5.73 Å². The third-order valence-corrected chi connectivity index (χ3v) is 1.49. The molecule has 0 spiro atoms. The van der Waals surface area contributed by atoms with Gasteiger partial charge >= 0.3 is 5.97 Å². The lowest BCUT2D eigenvalue weighted by Gasteiger charge is -2.02. The van der Waals surface area contributed by atoms with Gasteiger partial charge in [-0.25, -0.2) is 4.79 Å². The Kier molecular flexibility index (Phi) is 8.43. The van der Waals surface area contributed by atoms with E-state index in [0.29, 0.717) is 11.3 Å². The summed E-state index contributed by atoms with van der Waals surface area (Å²) >= 11 is 0. The molecule has 2 N–H and O–H groups in total. The summed E-state index contributed by atoms with van der Waals surface area (Å²) in [6, 6.07) is 3.31. The third kappa shape index (κ3) is 3.49. The van der Waals surface area contributed by atoms with Gasteiger partial charge in [-0.3, -0.25) is 4.98 Å². The predicted molar refractivity (Wildman–Crippen MR) is 58.0 cm³/mol. The standard InChI is InChI=1S/C8H10N2O2.2ClH/c1-12-8(11)6-3-2-4-10-7(6)5-9;;/h2-4H,5,9H2,1H3;2*1H. The van der Waals surface area contributed by atoms with Crippen molar-refractivity contribution in [3.05, 3.63) is 29.6 Å². The summed E-state index contributed by atoms with van der Waals surface area (Å²) in [6.45, 7) is 0.241. The molecule has 80 valence electrons. The van der Waals surface area contributed by atoms with Crippen LogP contribution in [0.1, 0.15) is 16.1 Å². The zero-order valence-electron chi connectivity index (χ0n) is 7.60. The van der Waals surface area contributed by atoms with Gasteiger partial charge in [-0.15, -0.1) is 24.8 Å². The van der Waals surface area contributed by atoms with Crippen molar-refractivity contribution in [2.45, 2.75) is 6.54 Å². The Bertz CT molecular complexity index is 294. The van der Waals surface area contributed by atoms with Gasteiger partial charge in [0, 0.05) is 12.7 Å². The molecule has 4 nitrogen and oxygen atoms in total. The van der Waals surface area contributed by atoms with Crippen LogP contribution in [0.3, 0.4) is 0 Å². The molecule has 0 amide bonds. The minimum atomic E-state index is -0.399. The molecule has 0 saturated carbocycles. The summed E-state index contributed by atoms with van der Waals surface area (Å²) < 4.78 is 4.54. The maximum atomic E-state index is 11.1. The molecule has 0 saturated heterocycles. The first-order chi connectivity index (χ1) is 5.79. The van der Waals surface area contributed by atoms with Gasteiger partial charge < -0.3 is 10.5 Å². The first kappa shape index (κ1) is 15.6. The van der Waals surface area contributed by atoms with Crippen molar-refractivity contribution < 1.29 is 9.53 Å². The summed E-state index contributed by atoms with van der Waals surface area (Å²) in [5.41, 5.74) is 6.37. The van der Waals surface area contributed by atoms with E-state index in [4.69, 9.17) is 5.73 Å². The Morgan fingerprint density at radius 1 is 1.57 bits per heavy atom. The van der Waals surface area contributed by atoms with E-state index in [9.17, 15) is 4.79 Å². The highest BCUT2D eigenvalue weighted by molar-refractivity contribution is 5.90. The van der Waals surface area contributed by atoms with Gasteiger partial charge in [0.15, 0.2) is 0 Å². The third-order valence-electron chi connectivity index (χ3n) is 1.49. The average molecular weight is 239 g/mol. The molecule has 0 unspecified atom stereocenters. The molecular formula is C8H12Cl2N2O2. The number of nitrogens with zero attached hydrogens (tertiary/aromatic N) is 1. The molecule has 6 heteroatoms. The minimum absolute atomic E-state index is 0. The van der Waals surface area contributed by atoms with Crippen LogP contribution in [0.25, 0.3) is 0 Å². The summed E-state index contributed by atoms with van der Waals surface area (Å²) in [6.07, 6.45) is 1.59. The number of ether oxygens (including phenoxy) is 1. The molecule has 0 aliphatic rings. The highest BCUT2D eigenvalue weighted by Gasteiger charge is 2.09. The first-order valence-electron chi connectivity index (χ1n) is 3.52. The Balaban J connectivity index is 0. The highest BCUT2D eigenvalue weighted by Crippen LogP contribution is 2.05. The second kappa shape index (κ2) is 7.55. The second-order valence-electron chi connectivity index (χ2n) is 2.19. The fraction of sp³-hybridized carbons (Fsp3) is 0.250. The smallest absolute Gasteiger partial charge is 0.339 e. The normalized spacial score (nSPS) is 8.14. The number of methoxy groups -OCH3 is 1. The lowest BCUT2D eigenvalue weighted by Crippen LogP contribution is -2.10. The van der Waals surface area contributed by atoms with Gasteiger partial charge in [0.25, 0.3) is 0 Å². The van der Waals surface area contributed by atoms with Crippen molar-refractivity contribution in [2.75, 3.05) is 7.11 Å². The van der Waals surface area contributed by atoms with E-state index in [-0.39, 0.29) is 31.4 Å².